The highest BCUT2D eigenvalue weighted by Crippen LogP contribution is 2.26. The molecule has 0 fully saturated rings. The Morgan fingerprint density at radius 1 is 1.30 bits per heavy atom. The molecule has 0 aliphatic carbocycles. The molecule has 0 saturated heterocycles. The van der Waals surface area contributed by atoms with Gasteiger partial charge in [-0.25, -0.2) is 4.98 Å². The number of carboxylic acids is 1. The Labute approximate surface area is 114 Å². The number of aromatic nitrogens is 2. The van der Waals surface area contributed by atoms with E-state index in [0.717, 1.165) is 0 Å². The number of carboxylic acid groups (broad SMARTS) is 1. The fourth-order valence-corrected chi connectivity index (χ4v) is 1.96. The summed E-state index contributed by atoms with van der Waals surface area (Å²) in [5.74, 6) is -1.01. The molecule has 2 heterocycles. The smallest absolute Gasteiger partial charge is 0.310 e. The molecule has 3 aromatic rings. The van der Waals surface area contributed by atoms with Gasteiger partial charge in [0.25, 0.3) is 0 Å². The first-order valence-corrected chi connectivity index (χ1v) is 6.20. The van der Waals surface area contributed by atoms with E-state index in [4.69, 9.17) is 9.52 Å². The number of carbonyl (C=O) groups is 1. The van der Waals surface area contributed by atoms with Crippen molar-refractivity contribution < 1.29 is 14.3 Å². The summed E-state index contributed by atoms with van der Waals surface area (Å²) in [5.41, 5.74) is 2.60. The zero-order valence-corrected chi connectivity index (χ0v) is 10.8. The van der Waals surface area contributed by atoms with Crippen molar-refractivity contribution in [3.05, 3.63) is 48.2 Å². The first-order valence-electron chi connectivity index (χ1n) is 6.20. The highest BCUT2D eigenvalue weighted by molar-refractivity contribution is 5.80. The fourth-order valence-electron chi connectivity index (χ4n) is 1.96. The maximum Gasteiger partial charge on any atom is 0.310 e. The van der Waals surface area contributed by atoms with E-state index in [0.29, 0.717) is 28.2 Å². The van der Waals surface area contributed by atoms with Crippen LogP contribution in [0.15, 0.2) is 47.0 Å². The Balaban J connectivity index is 2.06. The second-order valence-electron chi connectivity index (χ2n) is 4.52. The van der Waals surface area contributed by atoms with E-state index >= 15 is 0 Å². The molecule has 1 aromatic carbocycles. The average Bonchev–Trinajstić information content (AvgIpc) is 2.90. The van der Waals surface area contributed by atoms with E-state index in [2.05, 4.69) is 9.97 Å². The number of nitrogens with zero attached hydrogens (tertiary/aromatic N) is 2. The Hall–Kier alpha value is -2.69. The van der Waals surface area contributed by atoms with Gasteiger partial charge in [0.15, 0.2) is 5.58 Å². The second kappa shape index (κ2) is 4.77. The zero-order chi connectivity index (χ0) is 14.1. The molecule has 0 amide bonds. The van der Waals surface area contributed by atoms with Crippen LogP contribution >= 0.6 is 0 Å². The summed E-state index contributed by atoms with van der Waals surface area (Å²) in [6.45, 7) is 1.64. The quantitative estimate of drug-likeness (QED) is 0.790. The molecule has 0 aliphatic heterocycles. The van der Waals surface area contributed by atoms with Crippen LogP contribution in [0.1, 0.15) is 18.4 Å². The summed E-state index contributed by atoms with van der Waals surface area (Å²) in [4.78, 5) is 19.6. The van der Waals surface area contributed by atoms with Crippen LogP contribution in [-0.4, -0.2) is 21.0 Å². The maximum absolute atomic E-state index is 11.0. The predicted octanol–water partition coefficient (Wildman–Crippen LogP) is 3.08. The molecule has 3 rings (SSSR count). The summed E-state index contributed by atoms with van der Waals surface area (Å²) in [5, 5.41) is 9.04. The molecule has 5 heteroatoms. The van der Waals surface area contributed by atoms with Crippen molar-refractivity contribution in [2.75, 3.05) is 0 Å². The molecule has 0 bridgehead atoms. The van der Waals surface area contributed by atoms with E-state index in [1.807, 2.05) is 18.2 Å². The molecule has 20 heavy (non-hydrogen) atoms. The van der Waals surface area contributed by atoms with Crippen molar-refractivity contribution in [2.45, 2.75) is 12.8 Å². The van der Waals surface area contributed by atoms with E-state index in [-0.39, 0.29) is 0 Å². The third kappa shape index (κ3) is 2.14. The van der Waals surface area contributed by atoms with Crippen LogP contribution in [0.25, 0.3) is 22.7 Å². The zero-order valence-electron chi connectivity index (χ0n) is 10.8. The Morgan fingerprint density at radius 2 is 2.15 bits per heavy atom. The van der Waals surface area contributed by atoms with Crippen LogP contribution in [0.4, 0.5) is 0 Å². The lowest BCUT2D eigenvalue weighted by Gasteiger charge is -2.04. The SMILES string of the molecule is CC(C(=O)O)c1ccc2oc(-c3ccccn3)nc2c1. The van der Waals surface area contributed by atoms with Gasteiger partial charge in [-0.1, -0.05) is 12.1 Å². The van der Waals surface area contributed by atoms with Crippen LogP contribution < -0.4 is 0 Å². The van der Waals surface area contributed by atoms with E-state index in [9.17, 15) is 4.79 Å². The third-order valence-electron chi connectivity index (χ3n) is 3.17. The Morgan fingerprint density at radius 3 is 2.85 bits per heavy atom. The molecule has 0 radical (unpaired) electrons. The summed E-state index contributed by atoms with van der Waals surface area (Å²) in [7, 11) is 0. The number of benzene rings is 1. The standard InChI is InChI=1S/C15H12N2O3/c1-9(15(18)19)10-5-6-13-12(8-10)17-14(20-13)11-4-2-3-7-16-11/h2-9H,1H3,(H,18,19). The van der Waals surface area contributed by atoms with Crippen molar-refractivity contribution >= 4 is 17.1 Å². The van der Waals surface area contributed by atoms with Crippen LogP contribution in [0.2, 0.25) is 0 Å². The minimum absolute atomic E-state index is 0.431. The monoisotopic (exact) mass is 268 g/mol. The van der Waals surface area contributed by atoms with Gasteiger partial charge in [0.05, 0.1) is 5.92 Å². The van der Waals surface area contributed by atoms with Gasteiger partial charge in [-0.2, -0.15) is 0 Å². The topological polar surface area (TPSA) is 76.2 Å². The van der Waals surface area contributed by atoms with Crippen molar-refractivity contribution in [3.8, 4) is 11.6 Å². The lowest BCUT2D eigenvalue weighted by Crippen LogP contribution is -2.06. The van der Waals surface area contributed by atoms with Crippen molar-refractivity contribution in [1.82, 2.24) is 9.97 Å². The first-order chi connectivity index (χ1) is 9.65. The highest BCUT2D eigenvalue weighted by atomic mass is 16.4. The minimum Gasteiger partial charge on any atom is -0.481 e. The number of rotatable bonds is 3. The number of fused-ring (bicyclic) bond motifs is 1. The third-order valence-corrected chi connectivity index (χ3v) is 3.17. The van der Waals surface area contributed by atoms with Gasteiger partial charge in [0.1, 0.15) is 11.2 Å². The molecular weight excluding hydrogens is 256 g/mol. The number of oxazole rings is 1. The maximum atomic E-state index is 11.0. The highest BCUT2D eigenvalue weighted by Gasteiger charge is 2.16. The lowest BCUT2D eigenvalue weighted by molar-refractivity contribution is -0.138. The molecule has 2 aromatic heterocycles. The fraction of sp³-hybridized carbons (Fsp3) is 0.133. The largest absolute Gasteiger partial charge is 0.481 e. The Kier molecular flexibility index (Phi) is 2.95. The molecule has 0 aliphatic rings. The van der Waals surface area contributed by atoms with Gasteiger partial charge >= 0.3 is 5.97 Å². The predicted molar refractivity (Wildman–Crippen MR) is 73.3 cm³/mol. The molecule has 1 atom stereocenters. The van der Waals surface area contributed by atoms with Gasteiger partial charge in [0.2, 0.25) is 5.89 Å². The molecule has 0 spiro atoms. The van der Waals surface area contributed by atoms with Crippen molar-refractivity contribution in [3.63, 3.8) is 0 Å². The molecule has 1 N–H and O–H groups in total. The molecular formula is C15H12N2O3. The van der Waals surface area contributed by atoms with E-state index in [1.54, 1.807) is 31.3 Å². The van der Waals surface area contributed by atoms with Gasteiger partial charge < -0.3 is 9.52 Å². The van der Waals surface area contributed by atoms with Crippen LogP contribution in [0, 0.1) is 0 Å². The summed E-state index contributed by atoms with van der Waals surface area (Å²) >= 11 is 0. The summed E-state index contributed by atoms with van der Waals surface area (Å²) in [6.07, 6.45) is 1.67. The van der Waals surface area contributed by atoms with Gasteiger partial charge in [-0.05, 0) is 36.8 Å². The van der Waals surface area contributed by atoms with Crippen LogP contribution in [-0.2, 0) is 4.79 Å². The summed E-state index contributed by atoms with van der Waals surface area (Å²) < 4.78 is 5.63. The van der Waals surface area contributed by atoms with Crippen molar-refractivity contribution in [2.24, 2.45) is 0 Å². The average molecular weight is 268 g/mol. The summed E-state index contributed by atoms with van der Waals surface area (Å²) in [6, 6.07) is 10.7. The lowest BCUT2D eigenvalue weighted by atomic mass is 10.0. The van der Waals surface area contributed by atoms with Crippen molar-refractivity contribution in [1.29, 1.82) is 0 Å². The number of hydrogen-bond donors (Lipinski definition) is 1. The van der Waals surface area contributed by atoms with E-state index < -0.39 is 11.9 Å². The number of aliphatic carboxylic acids is 1. The van der Waals surface area contributed by atoms with Gasteiger partial charge in [0, 0.05) is 6.20 Å². The molecule has 0 saturated carbocycles. The van der Waals surface area contributed by atoms with E-state index in [1.165, 1.54) is 0 Å². The normalized spacial score (nSPS) is 12.4. The number of pyridine rings is 1. The number of hydrogen-bond acceptors (Lipinski definition) is 4. The second-order valence-corrected chi connectivity index (χ2v) is 4.52. The molecule has 100 valence electrons. The van der Waals surface area contributed by atoms with Gasteiger partial charge in [-0.3, -0.25) is 9.78 Å². The molecule has 1 unspecified atom stereocenters. The Bertz CT molecular complexity index is 765. The minimum atomic E-state index is -0.863. The van der Waals surface area contributed by atoms with Crippen LogP contribution in [0.5, 0.6) is 0 Å². The molecule has 5 nitrogen and oxygen atoms in total. The van der Waals surface area contributed by atoms with Crippen LogP contribution in [0.3, 0.4) is 0 Å². The first kappa shape index (κ1) is 12.3. The van der Waals surface area contributed by atoms with Gasteiger partial charge in [-0.15, -0.1) is 0 Å².